The van der Waals surface area contributed by atoms with E-state index < -0.39 is 5.91 Å². The average molecular weight is 446 g/mol. The fraction of sp³-hybridized carbons (Fsp3) is 0.0400. The minimum atomic E-state index is -0.453. The van der Waals surface area contributed by atoms with Gasteiger partial charge in [0, 0.05) is 44.9 Å². The van der Waals surface area contributed by atoms with Gasteiger partial charge >= 0.3 is 0 Å². The number of para-hydroxylation sites is 2. The van der Waals surface area contributed by atoms with Crippen molar-refractivity contribution in [2.45, 2.75) is 6.54 Å². The van der Waals surface area contributed by atoms with Crippen molar-refractivity contribution in [3.05, 3.63) is 106 Å². The SMILES string of the molecule is N#C/C(=C\c1cn(Cc2ccc(Cl)cc2Cl)c2ccccc12)C(=O)Nc1ccccc1. The van der Waals surface area contributed by atoms with Gasteiger partial charge in [0.1, 0.15) is 11.6 Å². The molecule has 0 unspecified atom stereocenters. The summed E-state index contributed by atoms with van der Waals surface area (Å²) in [6, 6.07) is 24.3. The quantitative estimate of drug-likeness (QED) is 0.280. The highest BCUT2D eigenvalue weighted by Gasteiger charge is 2.13. The van der Waals surface area contributed by atoms with E-state index in [2.05, 4.69) is 5.32 Å². The highest BCUT2D eigenvalue weighted by Crippen LogP contribution is 2.27. The largest absolute Gasteiger partial charge is 0.342 e. The number of hydrogen-bond donors (Lipinski definition) is 1. The van der Waals surface area contributed by atoms with Crippen LogP contribution in [0, 0.1) is 11.3 Å². The Bertz CT molecular complexity index is 1330. The number of nitrogens with zero attached hydrogens (tertiary/aromatic N) is 2. The van der Waals surface area contributed by atoms with Crippen LogP contribution < -0.4 is 5.32 Å². The first kappa shape index (κ1) is 20.7. The lowest BCUT2D eigenvalue weighted by Crippen LogP contribution is -2.13. The van der Waals surface area contributed by atoms with Crippen LogP contribution in [-0.4, -0.2) is 10.5 Å². The minimum Gasteiger partial charge on any atom is -0.342 e. The zero-order valence-corrected chi connectivity index (χ0v) is 17.9. The number of benzene rings is 3. The van der Waals surface area contributed by atoms with E-state index in [4.69, 9.17) is 23.2 Å². The number of hydrogen-bond acceptors (Lipinski definition) is 2. The van der Waals surface area contributed by atoms with Gasteiger partial charge in [-0.2, -0.15) is 5.26 Å². The molecule has 3 aromatic carbocycles. The van der Waals surface area contributed by atoms with Gasteiger partial charge in [0.2, 0.25) is 0 Å². The Balaban J connectivity index is 1.70. The fourth-order valence-electron chi connectivity index (χ4n) is 3.38. The third-order valence-corrected chi connectivity index (χ3v) is 5.46. The predicted molar refractivity (Wildman–Crippen MR) is 126 cm³/mol. The number of rotatable bonds is 5. The molecule has 152 valence electrons. The molecule has 0 atom stereocenters. The average Bonchev–Trinajstić information content (AvgIpc) is 3.12. The summed E-state index contributed by atoms with van der Waals surface area (Å²) in [5, 5.41) is 14.5. The Labute approximate surface area is 189 Å². The molecule has 6 heteroatoms. The van der Waals surface area contributed by atoms with E-state index in [1.807, 2.05) is 65.4 Å². The third kappa shape index (κ3) is 4.64. The van der Waals surface area contributed by atoms with Gasteiger partial charge in [0.25, 0.3) is 5.91 Å². The summed E-state index contributed by atoms with van der Waals surface area (Å²) in [5.41, 5.74) is 3.33. The summed E-state index contributed by atoms with van der Waals surface area (Å²) >= 11 is 12.4. The van der Waals surface area contributed by atoms with Gasteiger partial charge in [0.05, 0.1) is 0 Å². The summed E-state index contributed by atoms with van der Waals surface area (Å²) in [4.78, 5) is 12.6. The van der Waals surface area contributed by atoms with Crippen LogP contribution in [0.3, 0.4) is 0 Å². The number of anilines is 1. The zero-order valence-electron chi connectivity index (χ0n) is 16.3. The molecular formula is C25H17Cl2N3O. The van der Waals surface area contributed by atoms with Crippen LogP contribution in [0.2, 0.25) is 10.0 Å². The van der Waals surface area contributed by atoms with Crippen molar-refractivity contribution in [2.24, 2.45) is 0 Å². The molecule has 0 saturated heterocycles. The Morgan fingerprint density at radius 2 is 1.77 bits per heavy atom. The molecule has 1 N–H and O–H groups in total. The number of nitrogens with one attached hydrogen (secondary N) is 1. The monoisotopic (exact) mass is 445 g/mol. The molecule has 0 fully saturated rings. The van der Waals surface area contributed by atoms with Gasteiger partial charge < -0.3 is 9.88 Å². The molecule has 0 radical (unpaired) electrons. The third-order valence-electron chi connectivity index (χ3n) is 4.87. The van der Waals surface area contributed by atoms with Crippen LogP contribution in [-0.2, 0) is 11.3 Å². The smallest absolute Gasteiger partial charge is 0.266 e. The van der Waals surface area contributed by atoms with Crippen LogP contribution >= 0.6 is 23.2 Å². The summed E-state index contributed by atoms with van der Waals surface area (Å²) in [6.45, 7) is 0.530. The van der Waals surface area contributed by atoms with Crippen LogP contribution in [0.25, 0.3) is 17.0 Å². The lowest BCUT2D eigenvalue weighted by atomic mass is 10.1. The first-order valence-electron chi connectivity index (χ1n) is 9.55. The maximum Gasteiger partial charge on any atom is 0.266 e. The molecule has 0 aliphatic carbocycles. The molecule has 0 aliphatic heterocycles. The Hall–Kier alpha value is -3.52. The standard InChI is InChI=1S/C25H17Cl2N3O/c26-20-11-10-17(23(27)13-20)15-30-16-19(22-8-4-5-9-24(22)30)12-18(14-28)25(31)29-21-6-2-1-3-7-21/h1-13,16H,15H2,(H,29,31)/b18-12+. The van der Waals surface area contributed by atoms with Crippen LogP contribution in [0.4, 0.5) is 5.69 Å². The summed E-state index contributed by atoms with van der Waals surface area (Å²) in [5.74, 6) is -0.453. The topological polar surface area (TPSA) is 57.8 Å². The number of nitriles is 1. The van der Waals surface area contributed by atoms with E-state index in [0.717, 1.165) is 22.0 Å². The number of fused-ring (bicyclic) bond motifs is 1. The maximum absolute atomic E-state index is 12.6. The van der Waals surface area contributed by atoms with Crippen LogP contribution in [0.15, 0.2) is 84.6 Å². The molecule has 0 bridgehead atoms. The summed E-state index contributed by atoms with van der Waals surface area (Å²) in [7, 11) is 0. The van der Waals surface area contributed by atoms with E-state index >= 15 is 0 Å². The second-order valence-corrected chi connectivity index (χ2v) is 7.80. The molecule has 1 heterocycles. The Morgan fingerprint density at radius 1 is 1.03 bits per heavy atom. The van der Waals surface area contributed by atoms with Crippen LogP contribution in [0.1, 0.15) is 11.1 Å². The molecule has 4 rings (SSSR count). The van der Waals surface area contributed by atoms with Crippen molar-refractivity contribution in [3.63, 3.8) is 0 Å². The first-order chi connectivity index (χ1) is 15.0. The van der Waals surface area contributed by atoms with Gasteiger partial charge in [0.15, 0.2) is 0 Å². The Morgan fingerprint density at radius 3 is 2.52 bits per heavy atom. The first-order valence-corrected chi connectivity index (χ1v) is 10.3. The predicted octanol–water partition coefficient (Wildman–Crippen LogP) is 6.54. The molecule has 0 spiro atoms. The molecule has 1 amide bonds. The van der Waals surface area contributed by atoms with Gasteiger partial charge in [-0.3, -0.25) is 4.79 Å². The van der Waals surface area contributed by atoms with E-state index in [1.165, 1.54) is 0 Å². The van der Waals surface area contributed by atoms with Crippen molar-refractivity contribution >= 4 is 51.8 Å². The number of halogens is 2. The Kier molecular flexibility index (Phi) is 6.08. The minimum absolute atomic E-state index is 0.0243. The van der Waals surface area contributed by atoms with Crippen molar-refractivity contribution in [1.82, 2.24) is 4.57 Å². The lowest BCUT2D eigenvalue weighted by molar-refractivity contribution is -0.112. The summed E-state index contributed by atoms with van der Waals surface area (Å²) in [6.07, 6.45) is 3.53. The number of aromatic nitrogens is 1. The fourth-order valence-corrected chi connectivity index (χ4v) is 3.85. The molecule has 1 aromatic heterocycles. The molecule has 4 aromatic rings. The molecule has 0 aliphatic rings. The van der Waals surface area contributed by atoms with Gasteiger partial charge in [-0.05, 0) is 42.0 Å². The number of amides is 1. The van der Waals surface area contributed by atoms with Gasteiger partial charge in [-0.25, -0.2) is 0 Å². The van der Waals surface area contributed by atoms with Crippen molar-refractivity contribution in [1.29, 1.82) is 5.26 Å². The number of carbonyl (C=O) groups is 1. The van der Waals surface area contributed by atoms with E-state index in [1.54, 1.807) is 30.3 Å². The highest BCUT2D eigenvalue weighted by atomic mass is 35.5. The normalized spacial score (nSPS) is 11.3. The lowest BCUT2D eigenvalue weighted by Gasteiger charge is -2.08. The zero-order chi connectivity index (χ0) is 21.8. The molecule has 31 heavy (non-hydrogen) atoms. The second-order valence-electron chi connectivity index (χ2n) is 6.96. The van der Waals surface area contributed by atoms with E-state index in [0.29, 0.717) is 22.3 Å². The van der Waals surface area contributed by atoms with Crippen molar-refractivity contribution in [3.8, 4) is 6.07 Å². The molecular weight excluding hydrogens is 429 g/mol. The van der Waals surface area contributed by atoms with Crippen molar-refractivity contribution in [2.75, 3.05) is 5.32 Å². The van der Waals surface area contributed by atoms with Gasteiger partial charge in [-0.15, -0.1) is 0 Å². The number of carbonyl (C=O) groups excluding carboxylic acids is 1. The highest BCUT2D eigenvalue weighted by molar-refractivity contribution is 6.35. The second kappa shape index (κ2) is 9.09. The maximum atomic E-state index is 12.6. The van der Waals surface area contributed by atoms with E-state index in [9.17, 15) is 10.1 Å². The van der Waals surface area contributed by atoms with E-state index in [-0.39, 0.29) is 5.57 Å². The molecule has 4 nitrogen and oxygen atoms in total. The van der Waals surface area contributed by atoms with Gasteiger partial charge in [-0.1, -0.05) is 65.7 Å². The summed E-state index contributed by atoms with van der Waals surface area (Å²) < 4.78 is 2.04. The van der Waals surface area contributed by atoms with Crippen molar-refractivity contribution < 1.29 is 4.79 Å². The van der Waals surface area contributed by atoms with Crippen LogP contribution in [0.5, 0.6) is 0 Å². The molecule has 0 saturated carbocycles.